The molecule has 2 amide bonds. The monoisotopic (exact) mass is 496 g/mol. The minimum absolute atomic E-state index is 0.00217. The molecule has 2 unspecified atom stereocenters. The van der Waals surface area contributed by atoms with Gasteiger partial charge in [-0.3, -0.25) is 9.59 Å². The van der Waals surface area contributed by atoms with Crippen LogP contribution in [0.5, 0.6) is 5.75 Å². The molecule has 2 aliphatic rings. The first-order valence-electron chi connectivity index (χ1n) is 12.2. The smallest absolute Gasteiger partial charge is 0.252 e. The van der Waals surface area contributed by atoms with E-state index in [1.807, 2.05) is 6.92 Å². The van der Waals surface area contributed by atoms with Crippen molar-refractivity contribution in [2.24, 2.45) is 0 Å². The maximum Gasteiger partial charge on any atom is 0.252 e. The molecule has 0 heterocycles. The number of amides is 2. The lowest BCUT2D eigenvalue weighted by Crippen LogP contribution is -2.38. The van der Waals surface area contributed by atoms with E-state index in [-0.39, 0.29) is 28.5 Å². The Hall–Kier alpha value is -1.65. The first kappa shape index (κ1) is 26.0. The number of hydrogen-bond acceptors (Lipinski definition) is 3. The summed E-state index contributed by atoms with van der Waals surface area (Å²) >= 11 is 6.21. The van der Waals surface area contributed by atoms with Crippen LogP contribution in [0.15, 0.2) is 23.3 Å². The Morgan fingerprint density at radius 3 is 2.39 bits per heavy atom. The number of carbonyl (C=O) groups is 2. The van der Waals surface area contributed by atoms with E-state index in [9.17, 15) is 14.0 Å². The Morgan fingerprint density at radius 2 is 1.76 bits per heavy atom. The van der Waals surface area contributed by atoms with Gasteiger partial charge in [-0.25, -0.2) is 4.39 Å². The molecule has 0 radical (unpaired) electrons. The Balaban J connectivity index is 1.77. The Kier molecular flexibility index (Phi) is 10.0. The minimum Gasteiger partial charge on any atom is -0.485 e. The molecule has 0 saturated heterocycles. The number of carbonyl (C=O) groups excluding carboxylic acids is 2. The summed E-state index contributed by atoms with van der Waals surface area (Å²) < 4.78 is 20.6. The standard InChI is InChI=1S/C25H35ClFN2O3P/c1-3-23(33-4-2)32-22-15-21(20(27)14-19(22)26)29-25(31)18-13-9-8-12-17(18)24(30)28-16-10-6-5-7-11-16/h14-16,23,33H,3-13H2,1-2H3,(H,28,30)(H,29,31). The summed E-state index contributed by atoms with van der Waals surface area (Å²) in [4.78, 5) is 26.1. The maximum absolute atomic E-state index is 14.6. The van der Waals surface area contributed by atoms with Gasteiger partial charge in [0.05, 0.1) is 10.7 Å². The number of rotatable bonds is 9. The second-order valence-corrected chi connectivity index (χ2v) is 10.9. The SMILES string of the molecule is CCPC(CC)Oc1cc(NC(=O)C2=C(C(=O)NC3CCCCC3)CCCC2)c(F)cc1Cl. The Bertz CT molecular complexity index is 887. The molecule has 2 N–H and O–H groups in total. The number of nitrogens with one attached hydrogen (secondary N) is 2. The van der Waals surface area contributed by atoms with Crippen LogP contribution in [0.4, 0.5) is 10.1 Å². The Morgan fingerprint density at radius 1 is 1.09 bits per heavy atom. The third kappa shape index (κ3) is 7.16. The van der Waals surface area contributed by atoms with Gasteiger partial charge in [0, 0.05) is 23.3 Å². The van der Waals surface area contributed by atoms with Crippen molar-refractivity contribution in [2.75, 3.05) is 11.5 Å². The number of ether oxygens (including phenoxy) is 1. The molecule has 2 atom stereocenters. The van der Waals surface area contributed by atoms with Crippen molar-refractivity contribution in [3.05, 3.63) is 34.1 Å². The molecule has 5 nitrogen and oxygen atoms in total. The van der Waals surface area contributed by atoms with E-state index in [1.165, 1.54) is 18.6 Å². The molecule has 1 aromatic carbocycles. The molecular weight excluding hydrogens is 462 g/mol. The van der Waals surface area contributed by atoms with Crippen LogP contribution in [-0.4, -0.2) is 29.9 Å². The predicted molar refractivity (Wildman–Crippen MR) is 134 cm³/mol. The molecule has 33 heavy (non-hydrogen) atoms. The van der Waals surface area contributed by atoms with Gasteiger partial charge in [-0.05, 0) is 57.2 Å². The van der Waals surface area contributed by atoms with Gasteiger partial charge in [0.2, 0.25) is 5.91 Å². The molecule has 1 aromatic rings. The molecule has 3 rings (SSSR count). The summed E-state index contributed by atoms with van der Waals surface area (Å²) in [6.07, 6.45) is 9.98. The largest absolute Gasteiger partial charge is 0.485 e. The second kappa shape index (κ2) is 12.7. The summed E-state index contributed by atoms with van der Waals surface area (Å²) in [7, 11) is 0.602. The highest BCUT2D eigenvalue weighted by Gasteiger charge is 2.27. The molecular formula is C25H35ClFN2O3P. The first-order chi connectivity index (χ1) is 15.9. The van der Waals surface area contributed by atoms with Crippen LogP contribution in [0.1, 0.15) is 78.1 Å². The fourth-order valence-corrected chi connectivity index (χ4v) is 5.64. The average Bonchev–Trinajstić information content (AvgIpc) is 2.82. The molecule has 8 heteroatoms. The molecule has 0 aliphatic heterocycles. The molecule has 1 fully saturated rings. The van der Waals surface area contributed by atoms with E-state index >= 15 is 0 Å². The molecule has 2 aliphatic carbocycles. The van der Waals surface area contributed by atoms with Crippen molar-refractivity contribution in [3.63, 3.8) is 0 Å². The number of halogens is 2. The zero-order chi connectivity index (χ0) is 23.8. The fraction of sp³-hybridized carbons (Fsp3) is 0.600. The van der Waals surface area contributed by atoms with Crippen LogP contribution >= 0.6 is 20.2 Å². The van der Waals surface area contributed by atoms with Crippen molar-refractivity contribution in [1.29, 1.82) is 0 Å². The summed E-state index contributed by atoms with van der Waals surface area (Å²) in [6, 6.07) is 2.79. The highest BCUT2D eigenvalue weighted by Crippen LogP contribution is 2.35. The third-order valence-electron chi connectivity index (χ3n) is 6.30. The van der Waals surface area contributed by atoms with Crippen LogP contribution in [-0.2, 0) is 9.59 Å². The molecule has 0 bridgehead atoms. The second-order valence-electron chi connectivity index (χ2n) is 8.76. The van der Waals surface area contributed by atoms with Crippen molar-refractivity contribution >= 4 is 37.7 Å². The van der Waals surface area contributed by atoms with Gasteiger partial charge in [0.15, 0.2) is 0 Å². The molecule has 1 saturated carbocycles. The normalized spacial score (nSPS) is 18.4. The topological polar surface area (TPSA) is 67.4 Å². The van der Waals surface area contributed by atoms with E-state index in [0.29, 0.717) is 38.3 Å². The summed E-state index contributed by atoms with van der Waals surface area (Å²) in [6.45, 7) is 4.12. The first-order valence-corrected chi connectivity index (χ1v) is 13.8. The molecule has 0 spiro atoms. The van der Waals surface area contributed by atoms with Crippen LogP contribution in [0.25, 0.3) is 0 Å². The van der Waals surface area contributed by atoms with Gasteiger partial charge in [0.25, 0.3) is 5.91 Å². The lowest BCUT2D eigenvalue weighted by molar-refractivity contribution is -0.119. The van der Waals surface area contributed by atoms with Crippen LogP contribution < -0.4 is 15.4 Å². The van der Waals surface area contributed by atoms with Crippen molar-refractivity contribution in [1.82, 2.24) is 5.32 Å². The van der Waals surface area contributed by atoms with Gasteiger partial charge in [-0.15, -0.1) is 0 Å². The zero-order valence-corrected chi connectivity index (χ0v) is 21.3. The van der Waals surface area contributed by atoms with Gasteiger partial charge in [0.1, 0.15) is 17.4 Å². The Labute approximate surface area is 203 Å². The minimum atomic E-state index is -0.628. The number of benzene rings is 1. The van der Waals surface area contributed by atoms with E-state index < -0.39 is 11.7 Å². The number of anilines is 1. The van der Waals surface area contributed by atoms with Crippen LogP contribution in [0.2, 0.25) is 5.02 Å². The molecule has 182 valence electrons. The lowest BCUT2D eigenvalue weighted by Gasteiger charge is -2.25. The quantitative estimate of drug-likeness (QED) is 0.381. The van der Waals surface area contributed by atoms with Crippen LogP contribution in [0.3, 0.4) is 0 Å². The highest BCUT2D eigenvalue weighted by molar-refractivity contribution is 7.38. The van der Waals surface area contributed by atoms with Gasteiger partial charge >= 0.3 is 0 Å². The third-order valence-corrected chi connectivity index (χ3v) is 7.98. The lowest BCUT2D eigenvalue weighted by atomic mass is 9.89. The van der Waals surface area contributed by atoms with Gasteiger partial charge in [-0.2, -0.15) is 0 Å². The van der Waals surface area contributed by atoms with Crippen molar-refractivity contribution < 1.29 is 18.7 Å². The summed E-state index contributed by atoms with van der Waals surface area (Å²) in [5, 5.41) is 5.96. The summed E-state index contributed by atoms with van der Waals surface area (Å²) in [5.74, 6) is -0.861. The van der Waals surface area contributed by atoms with Gasteiger partial charge < -0.3 is 15.4 Å². The average molecular weight is 497 g/mol. The summed E-state index contributed by atoms with van der Waals surface area (Å²) in [5.41, 5.74) is 0.995. The predicted octanol–water partition coefficient (Wildman–Crippen LogP) is 6.55. The van der Waals surface area contributed by atoms with Gasteiger partial charge in [-0.1, -0.05) is 53.3 Å². The highest BCUT2D eigenvalue weighted by atomic mass is 35.5. The van der Waals surface area contributed by atoms with E-state index in [4.69, 9.17) is 16.3 Å². The van der Waals surface area contributed by atoms with Crippen molar-refractivity contribution in [3.8, 4) is 5.75 Å². The molecule has 0 aromatic heterocycles. The van der Waals surface area contributed by atoms with Crippen LogP contribution in [0, 0.1) is 5.82 Å². The van der Waals surface area contributed by atoms with E-state index in [0.717, 1.165) is 51.1 Å². The van der Waals surface area contributed by atoms with E-state index in [1.54, 1.807) is 0 Å². The fourth-order valence-electron chi connectivity index (χ4n) is 4.49. The van der Waals surface area contributed by atoms with Crippen molar-refractivity contribution in [2.45, 2.75) is 89.9 Å². The van der Waals surface area contributed by atoms with E-state index in [2.05, 4.69) is 17.6 Å². The zero-order valence-electron chi connectivity index (χ0n) is 19.6. The number of hydrogen-bond donors (Lipinski definition) is 2. The maximum atomic E-state index is 14.6.